The summed E-state index contributed by atoms with van der Waals surface area (Å²) in [6.07, 6.45) is 6.05. The third kappa shape index (κ3) is 4.55. The van der Waals surface area contributed by atoms with Gasteiger partial charge in [-0.2, -0.15) is 0 Å². The smallest absolute Gasteiger partial charge is 0.310 e. The van der Waals surface area contributed by atoms with E-state index in [1.54, 1.807) is 0 Å². The maximum Gasteiger partial charge on any atom is 0.310 e. The van der Waals surface area contributed by atoms with Crippen molar-refractivity contribution >= 4 is 21.9 Å². The predicted molar refractivity (Wildman–Crippen MR) is 88.2 cm³/mol. The summed E-state index contributed by atoms with van der Waals surface area (Å²) >= 11 is 3.44. The molecular weight excluding hydrogens is 330 g/mol. The summed E-state index contributed by atoms with van der Waals surface area (Å²) in [4.78, 5) is 14.0. The quantitative estimate of drug-likeness (QED) is 0.802. The molecule has 0 aliphatic heterocycles. The normalized spacial score (nSPS) is 18.4. The summed E-state index contributed by atoms with van der Waals surface area (Å²) in [5.41, 5.74) is 0.663. The largest absolute Gasteiger partial charge is 0.481 e. The summed E-state index contributed by atoms with van der Waals surface area (Å²) in [6.45, 7) is 1.43. The number of carboxylic acid groups (broad SMARTS) is 1. The van der Waals surface area contributed by atoms with Gasteiger partial charge in [0.1, 0.15) is 0 Å². The molecule has 1 aromatic carbocycles. The number of hydrogen-bond acceptors (Lipinski definition) is 2. The van der Waals surface area contributed by atoms with Crippen LogP contribution in [0.15, 0.2) is 28.7 Å². The van der Waals surface area contributed by atoms with E-state index in [1.165, 1.54) is 18.4 Å². The molecule has 0 amide bonds. The van der Waals surface area contributed by atoms with Gasteiger partial charge in [0.2, 0.25) is 0 Å². The average Bonchev–Trinajstić information content (AvgIpc) is 2.68. The van der Waals surface area contributed by atoms with Gasteiger partial charge in [0.25, 0.3) is 0 Å². The Kier molecular flexibility index (Phi) is 5.82. The second kappa shape index (κ2) is 7.41. The monoisotopic (exact) mass is 353 g/mol. The van der Waals surface area contributed by atoms with Crippen LogP contribution >= 0.6 is 15.9 Å². The van der Waals surface area contributed by atoms with Crippen LogP contribution in [-0.2, 0) is 11.3 Å². The number of nitrogens with zero attached hydrogens (tertiary/aromatic N) is 1. The lowest BCUT2D eigenvalue weighted by Crippen LogP contribution is -2.41. The van der Waals surface area contributed by atoms with Gasteiger partial charge in [0, 0.05) is 17.6 Å². The van der Waals surface area contributed by atoms with Crippen LogP contribution < -0.4 is 0 Å². The first kappa shape index (κ1) is 16.5. The van der Waals surface area contributed by atoms with Gasteiger partial charge in [-0.15, -0.1) is 0 Å². The van der Waals surface area contributed by atoms with Crippen LogP contribution in [0.4, 0.5) is 0 Å². The highest BCUT2D eigenvalue weighted by Gasteiger charge is 2.39. The fourth-order valence-electron chi connectivity index (χ4n) is 3.32. The molecule has 1 aromatic rings. The van der Waals surface area contributed by atoms with E-state index in [2.05, 4.69) is 33.0 Å². The molecule has 0 aromatic heterocycles. The Morgan fingerprint density at radius 3 is 2.29 bits per heavy atom. The van der Waals surface area contributed by atoms with Crippen LogP contribution in [0.3, 0.4) is 0 Å². The van der Waals surface area contributed by atoms with Crippen molar-refractivity contribution < 1.29 is 9.90 Å². The van der Waals surface area contributed by atoms with Crippen LogP contribution in [0.1, 0.15) is 44.1 Å². The van der Waals surface area contributed by atoms with E-state index in [0.29, 0.717) is 6.54 Å². The summed E-state index contributed by atoms with van der Waals surface area (Å²) < 4.78 is 1.07. The van der Waals surface area contributed by atoms with Crippen LogP contribution in [0.5, 0.6) is 0 Å². The lowest BCUT2D eigenvalue weighted by molar-refractivity contribution is -0.151. The Balaban J connectivity index is 2.02. The van der Waals surface area contributed by atoms with E-state index in [0.717, 1.165) is 36.7 Å². The summed E-state index contributed by atoms with van der Waals surface area (Å²) in [7, 11) is 2.03. The first-order valence-corrected chi connectivity index (χ1v) is 8.47. The van der Waals surface area contributed by atoms with Gasteiger partial charge in [-0.25, -0.2) is 0 Å². The minimum absolute atomic E-state index is 0.555. The number of hydrogen-bond donors (Lipinski definition) is 1. The number of aliphatic carboxylic acids is 1. The Labute approximate surface area is 135 Å². The maximum atomic E-state index is 11.8. The van der Waals surface area contributed by atoms with Crippen LogP contribution in [0.25, 0.3) is 0 Å². The number of carboxylic acids is 1. The molecule has 0 radical (unpaired) electrons. The standard InChI is InChI=1S/C17H24BrNO2/c1-19(12-14-6-8-15(18)9-7-14)13-17(16(20)21)10-4-2-3-5-11-17/h6-9H,2-5,10-13H2,1H3,(H,20,21). The average molecular weight is 354 g/mol. The molecule has 3 nitrogen and oxygen atoms in total. The van der Waals surface area contributed by atoms with Crippen LogP contribution in [0.2, 0.25) is 0 Å². The van der Waals surface area contributed by atoms with E-state index in [-0.39, 0.29) is 0 Å². The summed E-state index contributed by atoms with van der Waals surface area (Å²) in [6, 6.07) is 8.23. The van der Waals surface area contributed by atoms with E-state index >= 15 is 0 Å². The van der Waals surface area contributed by atoms with Gasteiger partial charge in [0.15, 0.2) is 0 Å². The molecule has 4 heteroatoms. The molecule has 1 saturated carbocycles. The zero-order chi connectivity index (χ0) is 15.3. The van der Waals surface area contributed by atoms with Gasteiger partial charge >= 0.3 is 5.97 Å². The lowest BCUT2D eigenvalue weighted by Gasteiger charge is -2.32. The van der Waals surface area contributed by atoms with E-state index in [9.17, 15) is 9.90 Å². The van der Waals surface area contributed by atoms with E-state index in [4.69, 9.17) is 0 Å². The number of carbonyl (C=O) groups is 1. The summed E-state index contributed by atoms with van der Waals surface area (Å²) in [5.74, 6) is -0.618. The third-order valence-corrected chi connectivity index (χ3v) is 4.98. The van der Waals surface area contributed by atoms with Gasteiger partial charge in [-0.1, -0.05) is 53.7 Å². The first-order valence-electron chi connectivity index (χ1n) is 7.68. The van der Waals surface area contributed by atoms with Crippen molar-refractivity contribution in [2.24, 2.45) is 5.41 Å². The molecule has 1 fully saturated rings. The van der Waals surface area contributed by atoms with Crippen molar-refractivity contribution in [1.29, 1.82) is 0 Å². The van der Waals surface area contributed by atoms with Crippen molar-refractivity contribution in [3.63, 3.8) is 0 Å². The van der Waals surface area contributed by atoms with Crippen molar-refractivity contribution in [2.75, 3.05) is 13.6 Å². The van der Waals surface area contributed by atoms with Gasteiger partial charge in [-0.05, 0) is 37.6 Å². The Bertz CT molecular complexity index is 464. The van der Waals surface area contributed by atoms with Gasteiger partial charge < -0.3 is 10.0 Å². The van der Waals surface area contributed by atoms with Crippen LogP contribution in [0, 0.1) is 5.41 Å². The Morgan fingerprint density at radius 1 is 1.19 bits per heavy atom. The molecule has 0 atom stereocenters. The molecule has 116 valence electrons. The molecule has 0 bridgehead atoms. The number of benzene rings is 1. The maximum absolute atomic E-state index is 11.8. The summed E-state index contributed by atoms with van der Waals surface area (Å²) in [5, 5.41) is 9.73. The molecule has 21 heavy (non-hydrogen) atoms. The SMILES string of the molecule is CN(Cc1ccc(Br)cc1)CC1(C(=O)O)CCCCCC1. The molecule has 0 unspecified atom stereocenters. The van der Waals surface area contributed by atoms with Crippen molar-refractivity contribution in [1.82, 2.24) is 4.90 Å². The highest BCUT2D eigenvalue weighted by Crippen LogP contribution is 2.36. The van der Waals surface area contributed by atoms with E-state index in [1.807, 2.05) is 19.2 Å². The van der Waals surface area contributed by atoms with E-state index < -0.39 is 11.4 Å². The Hall–Kier alpha value is -0.870. The van der Waals surface area contributed by atoms with Gasteiger partial charge in [0.05, 0.1) is 5.41 Å². The minimum Gasteiger partial charge on any atom is -0.481 e. The third-order valence-electron chi connectivity index (χ3n) is 4.45. The molecule has 0 saturated heterocycles. The zero-order valence-corrected chi connectivity index (χ0v) is 14.2. The molecule has 1 N–H and O–H groups in total. The zero-order valence-electron chi connectivity index (χ0n) is 12.6. The van der Waals surface area contributed by atoms with Gasteiger partial charge in [-0.3, -0.25) is 4.79 Å². The predicted octanol–water partition coefficient (Wildman–Crippen LogP) is 4.31. The second-order valence-corrected chi connectivity index (χ2v) is 7.21. The highest BCUT2D eigenvalue weighted by atomic mass is 79.9. The highest BCUT2D eigenvalue weighted by molar-refractivity contribution is 9.10. The van der Waals surface area contributed by atoms with Crippen molar-refractivity contribution in [3.05, 3.63) is 34.3 Å². The van der Waals surface area contributed by atoms with Crippen molar-refractivity contribution in [3.8, 4) is 0 Å². The number of rotatable bonds is 5. The second-order valence-electron chi connectivity index (χ2n) is 6.30. The number of halogens is 1. The molecule has 1 aliphatic rings. The Morgan fingerprint density at radius 2 is 1.76 bits per heavy atom. The molecule has 1 aliphatic carbocycles. The first-order chi connectivity index (χ1) is 10.0. The fraction of sp³-hybridized carbons (Fsp3) is 0.588. The van der Waals surface area contributed by atoms with Crippen LogP contribution in [-0.4, -0.2) is 29.6 Å². The molecule has 0 heterocycles. The van der Waals surface area contributed by atoms with Crippen molar-refractivity contribution in [2.45, 2.75) is 45.1 Å². The molecule has 2 rings (SSSR count). The lowest BCUT2D eigenvalue weighted by atomic mass is 9.80. The topological polar surface area (TPSA) is 40.5 Å². The molecule has 0 spiro atoms. The fourth-order valence-corrected chi connectivity index (χ4v) is 3.58. The minimum atomic E-state index is -0.618. The molecular formula is C17H24BrNO2.